The number of carboxylic acids is 1. The number of nitrogens with zero attached hydrogens (tertiary/aromatic N) is 3. The van der Waals surface area contributed by atoms with Gasteiger partial charge in [0.15, 0.2) is 0 Å². The number of amides is 3. The minimum atomic E-state index is -1.19. The molecule has 1 N–H and O–H groups in total. The molecule has 2 fully saturated rings. The highest BCUT2D eigenvalue weighted by Crippen LogP contribution is 2.44. The highest BCUT2D eigenvalue weighted by Gasteiger charge is 2.42. The Morgan fingerprint density at radius 1 is 0.929 bits per heavy atom. The average molecular weight is 578 g/mol. The summed E-state index contributed by atoms with van der Waals surface area (Å²) in [4.78, 5) is 56.8. The predicted octanol–water partition coefficient (Wildman–Crippen LogP) is 3.59. The lowest BCUT2D eigenvalue weighted by Crippen LogP contribution is -2.58. The van der Waals surface area contributed by atoms with Gasteiger partial charge in [0.25, 0.3) is 0 Å². The summed E-state index contributed by atoms with van der Waals surface area (Å²) in [5.74, 6) is -2.29. The molecule has 0 radical (unpaired) electrons. The maximum atomic E-state index is 14.1. The lowest BCUT2D eigenvalue weighted by atomic mass is 9.95. The van der Waals surface area contributed by atoms with E-state index in [1.807, 2.05) is 36.4 Å². The molecule has 42 heavy (non-hydrogen) atoms. The number of rotatable bonds is 9. The van der Waals surface area contributed by atoms with Crippen molar-refractivity contribution >= 4 is 23.9 Å². The monoisotopic (exact) mass is 577 g/mol. The van der Waals surface area contributed by atoms with Gasteiger partial charge in [0, 0.05) is 33.1 Å². The van der Waals surface area contributed by atoms with E-state index in [1.54, 1.807) is 11.9 Å². The van der Waals surface area contributed by atoms with Crippen molar-refractivity contribution in [3.05, 3.63) is 59.7 Å². The first-order chi connectivity index (χ1) is 20.3. The van der Waals surface area contributed by atoms with Gasteiger partial charge in [0.2, 0.25) is 11.8 Å². The van der Waals surface area contributed by atoms with Crippen LogP contribution in [0.4, 0.5) is 4.79 Å². The molecular formula is C32H39N3O7. The topological polar surface area (TPSA) is 117 Å². The van der Waals surface area contributed by atoms with E-state index in [4.69, 9.17) is 9.47 Å². The number of aliphatic carboxylic acids is 1. The molecule has 2 aromatic carbocycles. The summed E-state index contributed by atoms with van der Waals surface area (Å²) in [6.45, 7) is 1.51. The van der Waals surface area contributed by atoms with Gasteiger partial charge in [-0.15, -0.1) is 0 Å². The number of carboxylic acid groups (broad SMARTS) is 1. The highest BCUT2D eigenvalue weighted by atomic mass is 16.6. The molecule has 2 aromatic rings. The van der Waals surface area contributed by atoms with Crippen LogP contribution in [-0.2, 0) is 23.9 Å². The third kappa shape index (κ3) is 5.99. The number of ether oxygens (including phenoxy) is 2. The minimum absolute atomic E-state index is 0.116. The molecule has 1 aliphatic heterocycles. The van der Waals surface area contributed by atoms with Crippen LogP contribution in [0.1, 0.15) is 49.1 Å². The van der Waals surface area contributed by atoms with Crippen molar-refractivity contribution in [3.8, 4) is 11.1 Å². The molecule has 10 heteroatoms. The van der Waals surface area contributed by atoms with Gasteiger partial charge in [-0.25, -0.2) is 4.79 Å². The Bertz CT molecular complexity index is 1270. The Morgan fingerprint density at radius 2 is 1.50 bits per heavy atom. The zero-order chi connectivity index (χ0) is 29.8. The summed E-state index contributed by atoms with van der Waals surface area (Å²) in [5, 5.41) is 9.60. The van der Waals surface area contributed by atoms with Crippen molar-refractivity contribution < 1.29 is 33.8 Å². The second-order valence-electron chi connectivity index (χ2n) is 11.4. The Kier molecular flexibility index (Phi) is 9.11. The molecule has 3 aliphatic rings. The van der Waals surface area contributed by atoms with E-state index in [0.717, 1.165) is 47.9 Å². The van der Waals surface area contributed by atoms with E-state index in [-0.39, 0.29) is 18.4 Å². The van der Waals surface area contributed by atoms with E-state index in [0.29, 0.717) is 26.3 Å². The molecule has 1 saturated carbocycles. The molecule has 10 nitrogen and oxygen atoms in total. The van der Waals surface area contributed by atoms with Crippen LogP contribution < -0.4 is 0 Å². The number of fused-ring (bicyclic) bond motifs is 3. The Labute approximate surface area is 246 Å². The molecule has 224 valence electrons. The van der Waals surface area contributed by atoms with Crippen molar-refractivity contribution in [2.45, 2.75) is 50.1 Å². The SMILES string of the molecule is CN(C(=O)[C@H](C1CCCC1)N(C)C(=O)OCC1c2ccccc2-c2ccccc21)C(CC(=O)O)C(=O)N1CCOCC1. The second kappa shape index (κ2) is 12.9. The molecule has 3 amide bonds. The van der Waals surface area contributed by atoms with Crippen molar-refractivity contribution in [2.75, 3.05) is 47.0 Å². The van der Waals surface area contributed by atoms with E-state index < -0.39 is 42.4 Å². The molecule has 2 atom stereocenters. The standard InChI is InChI=1S/C32H39N3O7/c1-33(27(19-28(36)37)30(38)35-15-17-41-18-16-35)31(39)29(21-9-3-4-10-21)34(2)32(40)42-20-26-24-13-7-5-11-22(24)23-12-6-8-14-25(23)26/h5-8,11-14,21,26-27,29H,3-4,9-10,15-20H2,1-2H3,(H,36,37)/t27?,29-/m0/s1. The van der Waals surface area contributed by atoms with Gasteiger partial charge in [-0.2, -0.15) is 0 Å². The highest BCUT2D eigenvalue weighted by molar-refractivity contribution is 5.93. The van der Waals surface area contributed by atoms with Crippen molar-refractivity contribution in [2.24, 2.45) is 5.92 Å². The quantitative estimate of drug-likeness (QED) is 0.484. The van der Waals surface area contributed by atoms with E-state index in [2.05, 4.69) is 12.1 Å². The molecule has 0 aromatic heterocycles. The van der Waals surface area contributed by atoms with Crippen LogP contribution in [0.25, 0.3) is 11.1 Å². The number of carbonyl (C=O) groups excluding carboxylic acids is 3. The largest absolute Gasteiger partial charge is 0.481 e. The van der Waals surface area contributed by atoms with E-state index in [9.17, 15) is 24.3 Å². The van der Waals surface area contributed by atoms with Crippen LogP contribution in [0.15, 0.2) is 48.5 Å². The van der Waals surface area contributed by atoms with Gasteiger partial charge in [-0.05, 0) is 41.0 Å². The molecule has 5 rings (SSSR count). The fraction of sp³-hybridized carbons (Fsp3) is 0.500. The van der Waals surface area contributed by atoms with Crippen LogP contribution in [-0.4, -0.2) is 103 Å². The van der Waals surface area contributed by atoms with Crippen LogP contribution >= 0.6 is 0 Å². The number of likely N-dealkylation sites (N-methyl/N-ethyl adjacent to an activating group) is 2. The second-order valence-corrected chi connectivity index (χ2v) is 11.4. The number of hydrogen-bond acceptors (Lipinski definition) is 6. The van der Waals surface area contributed by atoms with Gasteiger partial charge in [0.05, 0.1) is 19.6 Å². The van der Waals surface area contributed by atoms with Gasteiger partial charge in [0.1, 0.15) is 18.7 Å². The predicted molar refractivity (Wildman–Crippen MR) is 155 cm³/mol. The van der Waals surface area contributed by atoms with Gasteiger partial charge >= 0.3 is 12.1 Å². The van der Waals surface area contributed by atoms with Crippen LogP contribution in [0.3, 0.4) is 0 Å². The summed E-state index contributed by atoms with van der Waals surface area (Å²) < 4.78 is 11.2. The lowest BCUT2D eigenvalue weighted by molar-refractivity contribution is -0.154. The Hall–Kier alpha value is -3.92. The summed E-state index contributed by atoms with van der Waals surface area (Å²) in [6.07, 6.45) is 2.23. The first-order valence-corrected chi connectivity index (χ1v) is 14.7. The normalized spacial score (nSPS) is 18.1. The zero-order valence-electron chi connectivity index (χ0n) is 24.2. The molecule has 2 aliphatic carbocycles. The summed E-state index contributed by atoms with van der Waals surface area (Å²) in [6, 6.07) is 14.1. The van der Waals surface area contributed by atoms with Crippen molar-refractivity contribution in [1.82, 2.24) is 14.7 Å². The molecule has 0 bridgehead atoms. The molecule has 1 saturated heterocycles. The number of carbonyl (C=O) groups is 4. The van der Waals surface area contributed by atoms with Crippen LogP contribution in [0, 0.1) is 5.92 Å². The van der Waals surface area contributed by atoms with Crippen molar-refractivity contribution in [3.63, 3.8) is 0 Å². The van der Waals surface area contributed by atoms with Gasteiger partial charge in [-0.3, -0.25) is 19.3 Å². The lowest BCUT2D eigenvalue weighted by Gasteiger charge is -2.38. The number of morpholine rings is 1. The van der Waals surface area contributed by atoms with E-state index >= 15 is 0 Å². The third-order valence-corrected chi connectivity index (χ3v) is 8.93. The first kappa shape index (κ1) is 29.6. The Morgan fingerprint density at radius 3 is 2.07 bits per heavy atom. The maximum Gasteiger partial charge on any atom is 0.410 e. The molecule has 0 spiro atoms. The van der Waals surface area contributed by atoms with Crippen LogP contribution in [0.2, 0.25) is 0 Å². The van der Waals surface area contributed by atoms with E-state index in [1.165, 1.54) is 16.8 Å². The molecular weight excluding hydrogens is 538 g/mol. The number of benzene rings is 2. The summed E-state index contributed by atoms with van der Waals surface area (Å²) in [5.41, 5.74) is 4.43. The zero-order valence-corrected chi connectivity index (χ0v) is 24.2. The minimum Gasteiger partial charge on any atom is -0.481 e. The molecule has 1 unspecified atom stereocenters. The third-order valence-electron chi connectivity index (χ3n) is 8.93. The van der Waals surface area contributed by atoms with Gasteiger partial charge in [-0.1, -0.05) is 61.4 Å². The Balaban J connectivity index is 1.33. The smallest absolute Gasteiger partial charge is 0.410 e. The maximum absolute atomic E-state index is 14.1. The van der Waals surface area contributed by atoms with Crippen molar-refractivity contribution in [1.29, 1.82) is 0 Å². The fourth-order valence-electron chi connectivity index (χ4n) is 6.68. The number of hydrogen-bond donors (Lipinski definition) is 1. The molecule has 1 heterocycles. The first-order valence-electron chi connectivity index (χ1n) is 14.7. The van der Waals surface area contributed by atoms with Crippen LogP contribution in [0.5, 0.6) is 0 Å². The summed E-state index contributed by atoms with van der Waals surface area (Å²) in [7, 11) is 3.02. The summed E-state index contributed by atoms with van der Waals surface area (Å²) >= 11 is 0. The van der Waals surface area contributed by atoms with Gasteiger partial charge < -0.3 is 24.4 Å². The fourth-order valence-corrected chi connectivity index (χ4v) is 6.68. The average Bonchev–Trinajstić information content (AvgIpc) is 3.65.